The molecule has 0 radical (unpaired) electrons. The number of hydrogen-bond acceptors (Lipinski definition) is 4. The number of aromatic nitrogens is 2. The summed E-state index contributed by atoms with van der Waals surface area (Å²) in [6, 6.07) is 28.6. The molecule has 1 aromatic heterocycles. The van der Waals surface area contributed by atoms with Crippen LogP contribution in [0.2, 0.25) is 0 Å². The lowest BCUT2D eigenvalue weighted by molar-refractivity contribution is -0.120. The third-order valence-electron chi connectivity index (χ3n) is 6.43. The quantitative estimate of drug-likeness (QED) is 0.317. The number of nitrogens with one attached hydrogen (secondary N) is 1. The van der Waals surface area contributed by atoms with E-state index in [4.69, 9.17) is 14.5 Å². The largest absolute Gasteiger partial charge is 0.493 e. The summed E-state index contributed by atoms with van der Waals surface area (Å²) in [6.45, 7) is 1.22. The van der Waals surface area contributed by atoms with Crippen molar-refractivity contribution in [1.82, 2.24) is 14.9 Å². The third kappa shape index (κ3) is 4.89. The summed E-state index contributed by atoms with van der Waals surface area (Å²) < 4.78 is 12.9. The molecular weight excluding hydrogens is 450 g/mol. The second-order valence-electron chi connectivity index (χ2n) is 8.71. The molecule has 0 aliphatic carbocycles. The van der Waals surface area contributed by atoms with Gasteiger partial charge >= 0.3 is 0 Å². The van der Waals surface area contributed by atoms with Gasteiger partial charge in [-0.3, -0.25) is 4.79 Å². The molecule has 0 saturated heterocycles. The fourth-order valence-corrected chi connectivity index (χ4v) is 4.65. The first kappa shape index (κ1) is 23.4. The molecule has 1 N–H and O–H groups in total. The number of carbonyl (C=O) groups is 1. The lowest BCUT2D eigenvalue weighted by Gasteiger charge is -2.13. The summed E-state index contributed by atoms with van der Waals surface area (Å²) in [4.78, 5) is 17.5. The Kier molecular flexibility index (Phi) is 6.85. The zero-order valence-electron chi connectivity index (χ0n) is 20.5. The van der Waals surface area contributed by atoms with Crippen molar-refractivity contribution < 1.29 is 14.3 Å². The number of hydrogen-bond donors (Lipinski definition) is 1. The number of methoxy groups -OCH3 is 2. The number of amides is 1. The van der Waals surface area contributed by atoms with Crippen molar-refractivity contribution in [3.05, 3.63) is 102 Å². The minimum absolute atomic E-state index is 0.0427. The normalized spacial score (nSPS) is 11.1. The molecule has 182 valence electrons. The first-order valence-corrected chi connectivity index (χ1v) is 12.0. The van der Waals surface area contributed by atoms with Gasteiger partial charge in [-0.15, -0.1) is 0 Å². The number of benzene rings is 4. The molecule has 0 unspecified atom stereocenters. The van der Waals surface area contributed by atoms with Crippen molar-refractivity contribution in [2.75, 3.05) is 20.8 Å². The number of rotatable bonds is 9. The summed E-state index contributed by atoms with van der Waals surface area (Å²) >= 11 is 0. The predicted octanol–water partition coefficient (Wildman–Crippen LogP) is 5.16. The number of carbonyl (C=O) groups excluding carboxylic acids is 1. The van der Waals surface area contributed by atoms with Crippen LogP contribution in [0, 0.1) is 0 Å². The van der Waals surface area contributed by atoms with E-state index in [0.29, 0.717) is 24.5 Å². The zero-order chi connectivity index (χ0) is 24.9. The van der Waals surface area contributed by atoms with Gasteiger partial charge in [0.25, 0.3) is 0 Å². The van der Waals surface area contributed by atoms with Crippen LogP contribution in [0.15, 0.2) is 84.9 Å². The Balaban J connectivity index is 1.31. The molecule has 5 aromatic rings. The molecule has 1 heterocycles. The summed E-state index contributed by atoms with van der Waals surface area (Å²) in [7, 11) is 3.18. The van der Waals surface area contributed by atoms with Crippen LogP contribution < -0.4 is 14.8 Å². The van der Waals surface area contributed by atoms with E-state index in [1.165, 1.54) is 16.3 Å². The highest BCUT2D eigenvalue weighted by Crippen LogP contribution is 2.28. The Morgan fingerprint density at radius 3 is 2.53 bits per heavy atom. The van der Waals surface area contributed by atoms with Crippen LogP contribution >= 0.6 is 0 Å². The highest BCUT2D eigenvalue weighted by Gasteiger charge is 2.13. The summed E-state index contributed by atoms with van der Waals surface area (Å²) in [5, 5.41) is 5.51. The van der Waals surface area contributed by atoms with Crippen LogP contribution in [-0.2, 0) is 24.2 Å². The fraction of sp³-hybridized carbons (Fsp3) is 0.200. The van der Waals surface area contributed by atoms with E-state index < -0.39 is 0 Å². The molecule has 0 saturated carbocycles. The molecule has 5 rings (SSSR count). The minimum atomic E-state index is -0.0427. The van der Waals surface area contributed by atoms with Crippen LogP contribution in [0.5, 0.6) is 11.5 Å². The van der Waals surface area contributed by atoms with Gasteiger partial charge < -0.3 is 19.4 Å². The van der Waals surface area contributed by atoms with E-state index in [1.807, 2.05) is 36.4 Å². The average Bonchev–Trinajstić information content (AvgIpc) is 3.25. The topological polar surface area (TPSA) is 65.4 Å². The number of nitrogens with zero attached hydrogens (tertiary/aromatic N) is 2. The second-order valence-corrected chi connectivity index (χ2v) is 8.71. The van der Waals surface area contributed by atoms with Gasteiger partial charge in [-0.25, -0.2) is 4.98 Å². The molecule has 6 heteroatoms. The van der Waals surface area contributed by atoms with Gasteiger partial charge in [0.05, 0.1) is 31.7 Å². The number of para-hydroxylation sites is 2. The van der Waals surface area contributed by atoms with Gasteiger partial charge in [-0.2, -0.15) is 0 Å². The first-order chi connectivity index (χ1) is 17.7. The molecule has 0 aliphatic rings. The van der Waals surface area contributed by atoms with Crippen molar-refractivity contribution in [1.29, 1.82) is 0 Å². The van der Waals surface area contributed by atoms with Crippen molar-refractivity contribution in [2.24, 2.45) is 0 Å². The minimum Gasteiger partial charge on any atom is -0.493 e. The summed E-state index contributed by atoms with van der Waals surface area (Å²) in [5.41, 5.74) is 4.17. The van der Waals surface area contributed by atoms with Crippen molar-refractivity contribution in [3.63, 3.8) is 0 Å². The average molecular weight is 480 g/mol. The van der Waals surface area contributed by atoms with Crippen LogP contribution in [0.3, 0.4) is 0 Å². The lowest BCUT2D eigenvalue weighted by atomic mass is 10.0. The number of ether oxygens (including phenoxy) is 2. The molecule has 0 fully saturated rings. The SMILES string of the molecule is COc1ccc(CC(=O)NCCc2nc3ccccc3n2Cc2cccc3ccccc23)cc1OC. The summed E-state index contributed by atoms with van der Waals surface area (Å²) in [6.07, 6.45) is 0.907. The molecule has 0 bridgehead atoms. The zero-order valence-corrected chi connectivity index (χ0v) is 20.5. The van der Waals surface area contributed by atoms with E-state index in [1.54, 1.807) is 14.2 Å². The van der Waals surface area contributed by atoms with Gasteiger partial charge in [-0.05, 0) is 46.2 Å². The maximum atomic E-state index is 12.6. The Hall–Kier alpha value is -4.32. The van der Waals surface area contributed by atoms with Crippen LogP contribution in [0.4, 0.5) is 0 Å². The van der Waals surface area contributed by atoms with Gasteiger partial charge in [0, 0.05) is 19.5 Å². The lowest BCUT2D eigenvalue weighted by Crippen LogP contribution is -2.28. The Labute approximate surface area is 210 Å². The molecule has 1 amide bonds. The van der Waals surface area contributed by atoms with E-state index in [2.05, 4.69) is 58.4 Å². The monoisotopic (exact) mass is 479 g/mol. The molecule has 0 aliphatic heterocycles. The molecular formula is C30H29N3O3. The van der Waals surface area contributed by atoms with Crippen molar-refractivity contribution in [2.45, 2.75) is 19.4 Å². The van der Waals surface area contributed by atoms with E-state index >= 15 is 0 Å². The third-order valence-corrected chi connectivity index (χ3v) is 6.43. The first-order valence-electron chi connectivity index (χ1n) is 12.0. The highest BCUT2D eigenvalue weighted by molar-refractivity contribution is 5.86. The highest BCUT2D eigenvalue weighted by atomic mass is 16.5. The van der Waals surface area contributed by atoms with E-state index in [0.717, 1.165) is 29.0 Å². The summed E-state index contributed by atoms with van der Waals surface area (Å²) in [5.74, 6) is 2.17. The standard InChI is InChI=1S/C30H29N3O3/c1-35-27-15-14-21(18-28(27)36-2)19-30(34)31-17-16-29-32-25-12-5-6-13-26(25)33(29)20-23-10-7-9-22-8-3-4-11-24(22)23/h3-15,18H,16-17,19-20H2,1-2H3,(H,31,34). The molecule has 0 atom stereocenters. The van der Waals surface area contributed by atoms with Gasteiger partial charge in [0.15, 0.2) is 11.5 Å². The van der Waals surface area contributed by atoms with Gasteiger partial charge in [0.2, 0.25) is 5.91 Å². The van der Waals surface area contributed by atoms with Gasteiger partial charge in [-0.1, -0.05) is 60.7 Å². The Bertz CT molecular complexity index is 1520. The van der Waals surface area contributed by atoms with Crippen LogP contribution in [-0.4, -0.2) is 36.2 Å². The molecule has 0 spiro atoms. The smallest absolute Gasteiger partial charge is 0.224 e. The van der Waals surface area contributed by atoms with E-state index in [9.17, 15) is 4.79 Å². The second kappa shape index (κ2) is 10.5. The van der Waals surface area contributed by atoms with Crippen LogP contribution in [0.25, 0.3) is 21.8 Å². The fourth-order valence-electron chi connectivity index (χ4n) is 4.65. The van der Waals surface area contributed by atoms with Gasteiger partial charge in [0.1, 0.15) is 5.82 Å². The maximum Gasteiger partial charge on any atom is 0.224 e. The van der Waals surface area contributed by atoms with E-state index in [-0.39, 0.29) is 12.3 Å². The Morgan fingerprint density at radius 1 is 0.889 bits per heavy atom. The number of imidazole rings is 1. The van der Waals surface area contributed by atoms with Crippen LogP contribution in [0.1, 0.15) is 17.0 Å². The van der Waals surface area contributed by atoms with Crippen molar-refractivity contribution >= 4 is 27.7 Å². The predicted molar refractivity (Wildman–Crippen MR) is 143 cm³/mol. The Morgan fingerprint density at radius 2 is 1.67 bits per heavy atom. The maximum absolute atomic E-state index is 12.6. The molecule has 36 heavy (non-hydrogen) atoms. The molecule has 4 aromatic carbocycles. The molecule has 6 nitrogen and oxygen atoms in total. The number of fused-ring (bicyclic) bond motifs is 2. The van der Waals surface area contributed by atoms with Crippen molar-refractivity contribution in [3.8, 4) is 11.5 Å².